The molecule has 0 saturated carbocycles. The van der Waals surface area contributed by atoms with Crippen molar-refractivity contribution in [1.82, 2.24) is 0 Å². The van der Waals surface area contributed by atoms with E-state index in [4.69, 9.17) is 0 Å². The van der Waals surface area contributed by atoms with Gasteiger partial charge in [-0.25, -0.2) is 0 Å². The fraction of sp³-hybridized carbons (Fsp3) is 0.143. The monoisotopic (exact) mass is 204 g/mol. The van der Waals surface area contributed by atoms with Gasteiger partial charge in [-0.3, -0.25) is 10.1 Å². The highest BCUT2D eigenvalue weighted by Gasteiger charge is 2.23. The van der Waals surface area contributed by atoms with Crippen LogP contribution in [0.15, 0.2) is 24.3 Å². The second-order valence-electron chi connectivity index (χ2n) is 2.84. The molecule has 1 aromatic rings. The van der Waals surface area contributed by atoms with Gasteiger partial charge >= 0.3 is 6.98 Å². The lowest BCUT2D eigenvalue weighted by molar-refractivity contribution is -0.384. The van der Waals surface area contributed by atoms with Crippen LogP contribution in [-0.2, 0) is 6.32 Å². The van der Waals surface area contributed by atoms with Crippen LogP contribution in [0.4, 0.5) is 18.6 Å². The van der Waals surface area contributed by atoms with Crippen LogP contribution in [0.1, 0.15) is 5.56 Å². The van der Waals surface area contributed by atoms with Gasteiger partial charge in [0, 0.05) is 12.1 Å². The Balaban J connectivity index is 2.89. The van der Waals surface area contributed by atoms with Crippen LogP contribution in [0.3, 0.4) is 0 Å². The maximum absolute atomic E-state index is 12.0. The van der Waals surface area contributed by atoms with Crippen LogP contribution >= 0.6 is 0 Å². The standard InChI is InChI=1S/C7H6BF3NO2/c9-8(10,11)5-6-2-1-3-7(4-6)12(13)14/h1-4H,5H2/q-1. The molecule has 0 aliphatic carbocycles. The van der Waals surface area contributed by atoms with Crippen molar-refractivity contribution in [3.05, 3.63) is 39.9 Å². The Morgan fingerprint density at radius 2 is 2.00 bits per heavy atom. The van der Waals surface area contributed by atoms with E-state index in [-0.39, 0.29) is 11.3 Å². The molecule has 0 aliphatic heterocycles. The molecule has 3 nitrogen and oxygen atoms in total. The average molecular weight is 204 g/mol. The third kappa shape index (κ3) is 3.08. The molecule has 1 aromatic carbocycles. The van der Waals surface area contributed by atoms with Gasteiger partial charge in [0.15, 0.2) is 0 Å². The van der Waals surface area contributed by atoms with E-state index in [2.05, 4.69) is 0 Å². The van der Waals surface area contributed by atoms with Gasteiger partial charge in [0.25, 0.3) is 5.69 Å². The minimum atomic E-state index is -4.94. The molecule has 7 heteroatoms. The first kappa shape index (κ1) is 10.6. The van der Waals surface area contributed by atoms with E-state index in [1.165, 1.54) is 12.1 Å². The van der Waals surface area contributed by atoms with Gasteiger partial charge < -0.3 is 12.9 Å². The first-order valence-corrected chi connectivity index (χ1v) is 3.83. The highest BCUT2D eigenvalue weighted by Crippen LogP contribution is 2.19. The Morgan fingerprint density at radius 1 is 1.36 bits per heavy atom. The zero-order chi connectivity index (χ0) is 10.8. The van der Waals surface area contributed by atoms with Crippen LogP contribution in [0.25, 0.3) is 0 Å². The number of nitrogens with zero attached hydrogens (tertiary/aromatic N) is 1. The molecule has 14 heavy (non-hydrogen) atoms. The topological polar surface area (TPSA) is 43.1 Å². The summed E-state index contributed by atoms with van der Waals surface area (Å²) in [6.07, 6.45) is -1.08. The molecule has 0 atom stereocenters. The highest BCUT2D eigenvalue weighted by molar-refractivity contribution is 6.57. The summed E-state index contributed by atoms with van der Waals surface area (Å²) in [6, 6.07) is 4.57. The molecule has 0 aromatic heterocycles. The van der Waals surface area contributed by atoms with Crippen molar-refractivity contribution in [2.75, 3.05) is 0 Å². The smallest absolute Gasteiger partial charge is 0.449 e. The van der Waals surface area contributed by atoms with Gasteiger partial charge in [-0.05, 0) is 0 Å². The van der Waals surface area contributed by atoms with Gasteiger partial charge in [-0.15, -0.1) is 0 Å². The van der Waals surface area contributed by atoms with E-state index >= 15 is 0 Å². The molecule has 0 heterocycles. The Kier molecular flexibility index (Phi) is 2.78. The quantitative estimate of drug-likeness (QED) is 0.431. The van der Waals surface area contributed by atoms with Crippen molar-refractivity contribution in [3.8, 4) is 0 Å². The number of benzene rings is 1. The van der Waals surface area contributed by atoms with Crippen LogP contribution in [0.2, 0.25) is 0 Å². The molecule has 0 amide bonds. The SMILES string of the molecule is O=[N+]([O-])c1cccc(C[B-](F)(F)F)c1. The normalized spacial score (nSPS) is 11.4. The predicted molar refractivity (Wildman–Crippen MR) is 45.9 cm³/mol. The van der Waals surface area contributed by atoms with Crippen LogP contribution < -0.4 is 0 Å². The summed E-state index contributed by atoms with van der Waals surface area (Å²) in [5.41, 5.74) is -0.394. The minimum Gasteiger partial charge on any atom is -0.449 e. The van der Waals surface area contributed by atoms with Crippen molar-refractivity contribution >= 4 is 12.7 Å². The van der Waals surface area contributed by atoms with Crippen molar-refractivity contribution in [3.63, 3.8) is 0 Å². The van der Waals surface area contributed by atoms with E-state index in [0.29, 0.717) is 0 Å². The van der Waals surface area contributed by atoms with Gasteiger partial charge in [0.2, 0.25) is 0 Å². The maximum Gasteiger partial charge on any atom is 0.482 e. The number of hydrogen-bond acceptors (Lipinski definition) is 2. The van der Waals surface area contributed by atoms with Crippen LogP contribution in [0, 0.1) is 10.1 Å². The van der Waals surface area contributed by atoms with E-state index < -0.39 is 18.2 Å². The van der Waals surface area contributed by atoms with Crippen molar-refractivity contribution < 1.29 is 17.9 Å². The zero-order valence-corrected chi connectivity index (χ0v) is 6.99. The van der Waals surface area contributed by atoms with Crippen molar-refractivity contribution in [2.24, 2.45) is 0 Å². The molecule has 0 bridgehead atoms. The van der Waals surface area contributed by atoms with E-state index in [0.717, 1.165) is 12.1 Å². The van der Waals surface area contributed by atoms with E-state index in [9.17, 15) is 23.1 Å². The molecule has 0 aliphatic rings. The van der Waals surface area contributed by atoms with Gasteiger partial charge in [-0.2, -0.15) is 0 Å². The first-order chi connectivity index (χ1) is 6.38. The summed E-state index contributed by atoms with van der Waals surface area (Å²) in [6.45, 7) is -4.94. The Hall–Kier alpha value is -1.53. The number of rotatable bonds is 3. The molecule has 0 spiro atoms. The molecule has 1 rings (SSSR count). The van der Waals surface area contributed by atoms with Crippen molar-refractivity contribution in [1.29, 1.82) is 0 Å². The third-order valence-electron chi connectivity index (χ3n) is 1.59. The van der Waals surface area contributed by atoms with E-state index in [1.807, 2.05) is 0 Å². The fourth-order valence-electron chi connectivity index (χ4n) is 1.06. The lowest BCUT2D eigenvalue weighted by Gasteiger charge is -2.12. The molecular weight excluding hydrogens is 198 g/mol. The molecular formula is C7H6BF3NO2-. The number of nitro groups is 1. The third-order valence-corrected chi connectivity index (χ3v) is 1.59. The largest absolute Gasteiger partial charge is 0.482 e. The fourth-order valence-corrected chi connectivity index (χ4v) is 1.06. The van der Waals surface area contributed by atoms with E-state index in [1.54, 1.807) is 0 Å². The Bertz CT molecular complexity index is 353. The minimum absolute atomic E-state index is 0.0771. The molecule has 0 N–H and O–H groups in total. The van der Waals surface area contributed by atoms with Gasteiger partial charge in [0.05, 0.1) is 4.92 Å². The lowest BCUT2D eigenvalue weighted by atomic mass is 9.82. The molecule has 76 valence electrons. The number of nitro benzene ring substituents is 1. The second kappa shape index (κ2) is 3.69. The van der Waals surface area contributed by atoms with Crippen LogP contribution in [-0.4, -0.2) is 11.9 Å². The summed E-state index contributed by atoms with van der Waals surface area (Å²) in [5.74, 6) is 0. The average Bonchev–Trinajstić information content (AvgIpc) is 2.01. The van der Waals surface area contributed by atoms with Crippen molar-refractivity contribution in [2.45, 2.75) is 6.32 Å². The van der Waals surface area contributed by atoms with Crippen LogP contribution in [0.5, 0.6) is 0 Å². The Morgan fingerprint density at radius 3 is 2.50 bits per heavy atom. The molecule has 0 saturated heterocycles. The number of non-ortho nitro benzene ring substituents is 1. The number of hydrogen-bond donors (Lipinski definition) is 0. The van der Waals surface area contributed by atoms with Gasteiger partial charge in [0.1, 0.15) is 0 Å². The van der Waals surface area contributed by atoms with Gasteiger partial charge in [-0.1, -0.05) is 24.0 Å². The first-order valence-electron chi connectivity index (χ1n) is 3.83. The maximum atomic E-state index is 12.0. The summed E-state index contributed by atoms with van der Waals surface area (Å²) < 4.78 is 35.9. The highest BCUT2D eigenvalue weighted by atomic mass is 19.4. The Labute approximate surface area is 77.8 Å². The summed E-state index contributed by atoms with van der Waals surface area (Å²) >= 11 is 0. The predicted octanol–water partition coefficient (Wildman–Crippen LogP) is 2.52. The molecule has 0 unspecified atom stereocenters. The zero-order valence-electron chi connectivity index (χ0n) is 6.99. The summed E-state index contributed by atoms with van der Waals surface area (Å²) in [7, 11) is 0. The lowest BCUT2D eigenvalue weighted by Crippen LogP contribution is -2.19. The summed E-state index contributed by atoms with van der Waals surface area (Å²) in [5, 5.41) is 10.2. The number of halogens is 3. The molecule has 0 fully saturated rings. The summed E-state index contributed by atoms with van der Waals surface area (Å²) in [4.78, 5) is 9.53. The second-order valence-corrected chi connectivity index (χ2v) is 2.84. The molecule has 0 radical (unpaired) electrons.